The van der Waals surface area contributed by atoms with Gasteiger partial charge in [-0.2, -0.15) is 0 Å². The average molecular weight is 303 g/mol. The van der Waals surface area contributed by atoms with Crippen molar-refractivity contribution in [2.45, 2.75) is 39.7 Å². The largest absolute Gasteiger partial charge is 0.399 e. The van der Waals surface area contributed by atoms with Crippen molar-refractivity contribution < 1.29 is 4.79 Å². The molecule has 0 spiro atoms. The molecule has 1 unspecified atom stereocenters. The molecule has 0 saturated carbocycles. The number of benzene rings is 1. The van der Waals surface area contributed by atoms with Crippen LogP contribution in [0.3, 0.4) is 0 Å². The Labute approximate surface area is 129 Å². The van der Waals surface area contributed by atoms with Gasteiger partial charge in [0.15, 0.2) is 0 Å². The van der Waals surface area contributed by atoms with Gasteiger partial charge in [0, 0.05) is 22.3 Å². The molecular formula is C16H21N3OS. The predicted molar refractivity (Wildman–Crippen MR) is 87.6 cm³/mol. The van der Waals surface area contributed by atoms with Gasteiger partial charge in [0.2, 0.25) is 0 Å². The molecule has 3 N–H and O–H groups in total. The number of anilines is 1. The molecule has 2 aromatic rings. The smallest absolute Gasteiger partial charge is 0.252 e. The number of aryl methyl sites for hydroxylation is 2. The zero-order valence-electron chi connectivity index (χ0n) is 12.9. The van der Waals surface area contributed by atoms with E-state index in [1.807, 2.05) is 39.1 Å². The number of hydrogen-bond donors (Lipinski definition) is 2. The quantitative estimate of drug-likeness (QED) is 0.851. The van der Waals surface area contributed by atoms with E-state index in [1.165, 1.54) is 0 Å². The highest BCUT2D eigenvalue weighted by atomic mass is 32.1. The predicted octanol–water partition coefficient (Wildman–Crippen LogP) is 3.40. The molecule has 2 rings (SSSR count). The van der Waals surface area contributed by atoms with Gasteiger partial charge in [-0.15, -0.1) is 11.3 Å². The van der Waals surface area contributed by atoms with Crippen molar-refractivity contribution in [2.24, 2.45) is 0 Å². The Hall–Kier alpha value is -1.88. The van der Waals surface area contributed by atoms with Crippen LogP contribution < -0.4 is 11.1 Å². The first-order chi connectivity index (χ1) is 9.85. The molecule has 1 atom stereocenters. The summed E-state index contributed by atoms with van der Waals surface area (Å²) >= 11 is 1.58. The monoisotopic (exact) mass is 303 g/mol. The van der Waals surface area contributed by atoms with Crippen molar-refractivity contribution in [3.05, 3.63) is 45.4 Å². The second kappa shape index (κ2) is 5.85. The zero-order chi connectivity index (χ0) is 15.6. The van der Waals surface area contributed by atoms with Crippen molar-refractivity contribution in [3.8, 4) is 0 Å². The summed E-state index contributed by atoms with van der Waals surface area (Å²) in [6, 6.07) is 5.38. The number of carbonyl (C=O) groups excluding carboxylic acids is 1. The highest BCUT2D eigenvalue weighted by Gasteiger charge is 2.30. The van der Waals surface area contributed by atoms with Crippen LogP contribution in [-0.4, -0.2) is 10.9 Å². The van der Waals surface area contributed by atoms with E-state index in [-0.39, 0.29) is 5.91 Å². The Morgan fingerprint density at radius 2 is 2.14 bits per heavy atom. The number of nitrogens with two attached hydrogens (primary N) is 1. The van der Waals surface area contributed by atoms with Gasteiger partial charge >= 0.3 is 0 Å². The summed E-state index contributed by atoms with van der Waals surface area (Å²) in [6.45, 7) is 7.92. The fourth-order valence-corrected chi connectivity index (χ4v) is 3.09. The molecule has 21 heavy (non-hydrogen) atoms. The number of nitrogens with one attached hydrogen (secondary N) is 1. The van der Waals surface area contributed by atoms with Crippen LogP contribution in [0.1, 0.15) is 46.9 Å². The Balaban J connectivity index is 2.30. The summed E-state index contributed by atoms with van der Waals surface area (Å²) in [4.78, 5) is 17.1. The van der Waals surface area contributed by atoms with Gasteiger partial charge in [-0.25, -0.2) is 4.98 Å². The standard InChI is InChI=1S/C16H21N3OS/c1-5-16(4,15-18-11(3)9-21-15)19-14(20)13-8-12(17)7-6-10(13)2/h6-9H,5,17H2,1-4H3,(H,19,20). The number of nitrogens with zero attached hydrogens (tertiary/aromatic N) is 1. The van der Waals surface area contributed by atoms with E-state index >= 15 is 0 Å². The Kier molecular flexibility index (Phi) is 4.32. The maximum absolute atomic E-state index is 12.6. The molecule has 4 nitrogen and oxygen atoms in total. The van der Waals surface area contributed by atoms with Gasteiger partial charge in [-0.05, 0) is 44.9 Å². The number of thiazole rings is 1. The Bertz CT molecular complexity index is 665. The minimum Gasteiger partial charge on any atom is -0.399 e. The maximum atomic E-state index is 12.6. The third-order valence-electron chi connectivity index (χ3n) is 3.69. The Morgan fingerprint density at radius 3 is 2.71 bits per heavy atom. The van der Waals surface area contributed by atoms with E-state index in [4.69, 9.17) is 5.73 Å². The number of amides is 1. The minimum atomic E-state index is -0.465. The second-order valence-corrected chi connectivity index (χ2v) is 6.37. The first-order valence-corrected chi connectivity index (χ1v) is 7.85. The normalized spacial score (nSPS) is 13.7. The highest BCUT2D eigenvalue weighted by Crippen LogP contribution is 2.28. The van der Waals surface area contributed by atoms with Crippen LogP contribution in [0, 0.1) is 13.8 Å². The van der Waals surface area contributed by atoms with E-state index in [9.17, 15) is 4.79 Å². The molecule has 0 saturated heterocycles. The molecule has 0 bridgehead atoms. The molecule has 1 aromatic heterocycles. The summed E-state index contributed by atoms with van der Waals surface area (Å²) in [6.07, 6.45) is 0.771. The highest BCUT2D eigenvalue weighted by molar-refractivity contribution is 7.09. The van der Waals surface area contributed by atoms with E-state index in [1.54, 1.807) is 23.5 Å². The van der Waals surface area contributed by atoms with Crippen LogP contribution in [0.25, 0.3) is 0 Å². The van der Waals surface area contributed by atoms with Crippen LogP contribution in [0.2, 0.25) is 0 Å². The minimum absolute atomic E-state index is 0.114. The van der Waals surface area contributed by atoms with Crippen molar-refractivity contribution in [3.63, 3.8) is 0 Å². The number of rotatable bonds is 4. The lowest BCUT2D eigenvalue weighted by molar-refractivity contribution is 0.0901. The summed E-state index contributed by atoms with van der Waals surface area (Å²) < 4.78 is 0. The first-order valence-electron chi connectivity index (χ1n) is 6.97. The lowest BCUT2D eigenvalue weighted by Gasteiger charge is -2.27. The third-order valence-corrected chi connectivity index (χ3v) is 4.92. The molecule has 1 aromatic carbocycles. The van der Waals surface area contributed by atoms with E-state index < -0.39 is 5.54 Å². The fourth-order valence-electron chi connectivity index (χ4n) is 2.10. The lowest BCUT2D eigenvalue weighted by atomic mass is 9.98. The molecule has 5 heteroatoms. The summed E-state index contributed by atoms with van der Waals surface area (Å²) in [7, 11) is 0. The van der Waals surface area contributed by atoms with Gasteiger partial charge in [0.05, 0.1) is 5.54 Å². The topological polar surface area (TPSA) is 68.0 Å². The third kappa shape index (κ3) is 3.24. The van der Waals surface area contributed by atoms with Crippen molar-refractivity contribution in [1.82, 2.24) is 10.3 Å². The average Bonchev–Trinajstić information content (AvgIpc) is 2.88. The van der Waals surface area contributed by atoms with E-state index in [0.29, 0.717) is 11.3 Å². The van der Waals surface area contributed by atoms with E-state index in [0.717, 1.165) is 22.7 Å². The molecule has 112 valence electrons. The van der Waals surface area contributed by atoms with Crippen LogP contribution in [-0.2, 0) is 5.54 Å². The molecule has 1 amide bonds. The molecule has 1 heterocycles. The second-order valence-electron chi connectivity index (χ2n) is 5.51. The summed E-state index contributed by atoms with van der Waals surface area (Å²) in [5.74, 6) is -0.114. The van der Waals surface area contributed by atoms with E-state index in [2.05, 4.69) is 10.3 Å². The summed E-state index contributed by atoms with van der Waals surface area (Å²) in [5, 5.41) is 6.04. The van der Waals surface area contributed by atoms with Crippen LogP contribution in [0.4, 0.5) is 5.69 Å². The van der Waals surface area contributed by atoms with Crippen molar-refractivity contribution in [1.29, 1.82) is 0 Å². The number of hydrogen-bond acceptors (Lipinski definition) is 4. The SMILES string of the molecule is CCC(C)(NC(=O)c1cc(N)ccc1C)c1nc(C)cs1. The number of nitrogen functional groups attached to an aromatic ring is 1. The molecule has 0 radical (unpaired) electrons. The van der Waals surface area contributed by atoms with Gasteiger partial charge < -0.3 is 11.1 Å². The molecule has 0 aliphatic heterocycles. The first kappa shape index (κ1) is 15.5. The van der Waals surface area contributed by atoms with Crippen LogP contribution >= 0.6 is 11.3 Å². The number of aromatic nitrogens is 1. The molecular weight excluding hydrogens is 282 g/mol. The van der Waals surface area contributed by atoms with Crippen molar-refractivity contribution >= 4 is 22.9 Å². The molecule has 0 fully saturated rings. The van der Waals surface area contributed by atoms with Gasteiger partial charge in [-0.1, -0.05) is 13.0 Å². The van der Waals surface area contributed by atoms with Gasteiger partial charge in [0.25, 0.3) is 5.91 Å². The van der Waals surface area contributed by atoms with Crippen LogP contribution in [0.15, 0.2) is 23.6 Å². The van der Waals surface area contributed by atoms with Gasteiger partial charge in [0.1, 0.15) is 5.01 Å². The fraction of sp³-hybridized carbons (Fsp3) is 0.375. The lowest BCUT2D eigenvalue weighted by Crippen LogP contribution is -2.43. The number of carbonyl (C=O) groups is 1. The Morgan fingerprint density at radius 1 is 1.43 bits per heavy atom. The van der Waals surface area contributed by atoms with Crippen molar-refractivity contribution in [2.75, 3.05) is 5.73 Å². The maximum Gasteiger partial charge on any atom is 0.252 e. The van der Waals surface area contributed by atoms with Gasteiger partial charge in [-0.3, -0.25) is 4.79 Å². The summed E-state index contributed by atoms with van der Waals surface area (Å²) in [5.41, 5.74) is 8.41. The molecule has 0 aliphatic rings. The zero-order valence-corrected chi connectivity index (χ0v) is 13.7. The van der Waals surface area contributed by atoms with Crippen LogP contribution in [0.5, 0.6) is 0 Å². The molecule has 0 aliphatic carbocycles.